The Morgan fingerprint density at radius 2 is 1.49 bits per heavy atom. The lowest BCUT2D eigenvalue weighted by atomic mass is 10.2. The molecule has 3 aliphatic heterocycles. The van der Waals surface area contributed by atoms with Gasteiger partial charge >= 0.3 is 0 Å². The van der Waals surface area contributed by atoms with Crippen LogP contribution in [0.25, 0.3) is 29.1 Å². The highest BCUT2D eigenvalue weighted by atomic mass is 14.9. The number of aromatic amines is 2. The first-order valence-electron chi connectivity index (χ1n) is 11.3. The highest BCUT2D eigenvalue weighted by molar-refractivity contribution is 6.17. The zero-order chi connectivity index (χ0) is 23.6. The molecule has 0 atom stereocenters. The number of rotatable bonds is 0. The van der Waals surface area contributed by atoms with E-state index in [-0.39, 0.29) is 0 Å². The summed E-state index contributed by atoms with van der Waals surface area (Å²) in [6.45, 7) is 0. The van der Waals surface area contributed by atoms with Gasteiger partial charge in [0.2, 0.25) is 0 Å². The monoisotopic (exact) mass is 454 g/mol. The second-order valence-corrected chi connectivity index (χ2v) is 8.36. The van der Waals surface area contributed by atoms with Crippen LogP contribution in [0.2, 0.25) is 0 Å². The Kier molecular flexibility index (Phi) is 5.16. The molecule has 0 unspecified atom stereocenters. The largest absolute Gasteiger partial charge is 0.355 e. The van der Waals surface area contributed by atoms with Gasteiger partial charge in [0.05, 0.1) is 28.3 Å². The first-order chi connectivity index (χ1) is 17.2. The number of benzene rings is 1. The Labute approximate surface area is 201 Å². The third kappa shape index (κ3) is 4.58. The van der Waals surface area contributed by atoms with E-state index in [0.717, 1.165) is 50.4 Å². The fourth-order valence-corrected chi connectivity index (χ4v) is 4.09. The number of hydrogen-bond acceptors (Lipinski definition) is 4. The van der Waals surface area contributed by atoms with Crippen LogP contribution in [0.15, 0.2) is 113 Å². The summed E-state index contributed by atoms with van der Waals surface area (Å²) in [5.74, 6) is 0. The van der Waals surface area contributed by atoms with Crippen molar-refractivity contribution in [3.8, 4) is 0 Å². The molecule has 0 fully saturated rings. The fourth-order valence-electron chi connectivity index (χ4n) is 4.09. The van der Waals surface area contributed by atoms with E-state index in [1.807, 2.05) is 91.2 Å². The van der Waals surface area contributed by atoms with Gasteiger partial charge in [-0.2, -0.15) is 0 Å². The van der Waals surface area contributed by atoms with Gasteiger partial charge in [0.1, 0.15) is 0 Å². The number of nitrogens with one attached hydrogen (secondary N) is 4. The van der Waals surface area contributed by atoms with Crippen LogP contribution in [0.4, 0.5) is 0 Å². The molecule has 0 saturated heterocycles. The van der Waals surface area contributed by atoms with Gasteiger partial charge in [-0.05, 0) is 78.9 Å². The normalized spacial score (nSPS) is 15.6. The van der Waals surface area contributed by atoms with Gasteiger partial charge in [-0.15, -0.1) is 0 Å². The smallest absolute Gasteiger partial charge is 0.0796 e. The van der Waals surface area contributed by atoms with Crippen molar-refractivity contribution in [1.29, 1.82) is 5.41 Å². The molecule has 3 aromatic heterocycles. The van der Waals surface area contributed by atoms with E-state index < -0.39 is 0 Å². The van der Waals surface area contributed by atoms with Gasteiger partial charge < -0.3 is 15.3 Å². The summed E-state index contributed by atoms with van der Waals surface area (Å²) in [7, 11) is 0. The molecule has 8 bridgehead atoms. The van der Waals surface area contributed by atoms with Crippen LogP contribution in [-0.2, 0) is 0 Å². The topological polar surface area (TPSA) is 92.7 Å². The zero-order valence-corrected chi connectivity index (χ0v) is 18.8. The predicted molar refractivity (Wildman–Crippen MR) is 142 cm³/mol. The maximum absolute atomic E-state index is 8.15. The molecule has 0 amide bonds. The SMILES string of the molecule is N=C1C=C2C=c3ccc([nH]3)=Cc3ccc([nH]3)C=C3C=CC(=N3)C=C1N2.c1ccc2ncccc2c1. The molecule has 0 radical (unpaired) electrons. The number of fused-ring (bicyclic) bond motifs is 8. The van der Waals surface area contributed by atoms with Crippen molar-refractivity contribution in [2.24, 2.45) is 4.99 Å². The van der Waals surface area contributed by atoms with Crippen LogP contribution in [0, 0.1) is 5.41 Å². The fraction of sp³-hybridized carbons (Fsp3) is 0. The third-order valence-electron chi connectivity index (χ3n) is 5.74. The van der Waals surface area contributed by atoms with Crippen molar-refractivity contribution in [2.45, 2.75) is 0 Å². The number of aromatic nitrogens is 3. The van der Waals surface area contributed by atoms with Crippen LogP contribution >= 0.6 is 0 Å². The standard InChI is InChI=1S/C20H15N5.C9H7N/c21-19-10-18-9-16-4-3-14(23-16)7-12-1-2-13(22-12)8-15-5-6-17(24-15)11-20(19)25-18;1-2-6-9-8(4-1)5-3-7-10-9/h1-11,21-23,25H;1-7H. The van der Waals surface area contributed by atoms with Crippen LogP contribution < -0.4 is 16.0 Å². The summed E-state index contributed by atoms with van der Waals surface area (Å²) in [6, 6.07) is 20.2. The summed E-state index contributed by atoms with van der Waals surface area (Å²) in [5.41, 5.74) is 6.91. The number of allylic oxidation sites excluding steroid dienone is 5. The van der Waals surface area contributed by atoms with Crippen molar-refractivity contribution in [1.82, 2.24) is 20.3 Å². The molecule has 0 spiro atoms. The Morgan fingerprint density at radius 1 is 0.686 bits per heavy atom. The molecule has 1 aromatic carbocycles. The second-order valence-electron chi connectivity index (χ2n) is 8.36. The predicted octanol–water partition coefficient (Wildman–Crippen LogP) is 3.94. The Balaban J connectivity index is 0.000000191. The van der Waals surface area contributed by atoms with E-state index in [2.05, 4.69) is 43.5 Å². The molecule has 7 rings (SSSR count). The minimum Gasteiger partial charge on any atom is -0.355 e. The van der Waals surface area contributed by atoms with E-state index in [0.29, 0.717) is 5.71 Å². The molecule has 0 saturated carbocycles. The van der Waals surface area contributed by atoms with Gasteiger partial charge in [-0.1, -0.05) is 24.3 Å². The van der Waals surface area contributed by atoms with E-state index in [1.165, 1.54) is 5.39 Å². The van der Waals surface area contributed by atoms with Crippen molar-refractivity contribution >= 4 is 40.6 Å². The van der Waals surface area contributed by atoms with Crippen LogP contribution in [0.3, 0.4) is 0 Å². The zero-order valence-electron chi connectivity index (χ0n) is 18.8. The number of aliphatic imine (C=N–C) groups is 1. The van der Waals surface area contributed by atoms with Gasteiger partial charge in [-0.3, -0.25) is 10.4 Å². The molecule has 6 heteroatoms. The van der Waals surface area contributed by atoms with Crippen LogP contribution in [0.1, 0.15) is 11.4 Å². The summed E-state index contributed by atoms with van der Waals surface area (Å²) in [6.07, 6.45) is 15.5. The van der Waals surface area contributed by atoms with Crippen molar-refractivity contribution < 1.29 is 0 Å². The average molecular weight is 455 g/mol. The third-order valence-corrected chi connectivity index (χ3v) is 5.74. The molecule has 6 nitrogen and oxygen atoms in total. The Hall–Kier alpha value is -4.97. The second kappa shape index (κ2) is 8.76. The van der Waals surface area contributed by atoms with E-state index in [4.69, 9.17) is 5.41 Å². The number of pyridine rings is 1. The molecule has 3 aliphatic rings. The number of para-hydroxylation sites is 1. The van der Waals surface area contributed by atoms with Gasteiger partial charge in [0, 0.05) is 39.4 Å². The summed E-state index contributed by atoms with van der Waals surface area (Å²) in [4.78, 5) is 15.5. The number of hydrogen-bond donors (Lipinski definition) is 4. The van der Waals surface area contributed by atoms with Gasteiger partial charge in [0.25, 0.3) is 0 Å². The minimum atomic E-state index is 0.455. The molecular weight excluding hydrogens is 432 g/mol. The van der Waals surface area contributed by atoms with Crippen molar-refractivity contribution in [2.75, 3.05) is 0 Å². The number of nitrogens with zero attached hydrogens (tertiary/aromatic N) is 2. The summed E-state index contributed by atoms with van der Waals surface area (Å²) in [5, 5.41) is 14.6. The van der Waals surface area contributed by atoms with Crippen LogP contribution in [0.5, 0.6) is 0 Å². The highest BCUT2D eigenvalue weighted by Crippen LogP contribution is 2.17. The van der Waals surface area contributed by atoms with E-state index in [1.54, 1.807) is 0 Å². The quantitative estimate of drug-likeness (QED) is 0.324. The molecule has 6 heterocycles. The summed E-state index contributed by atoms with van der Waals surface area (Å²) >= 11 is 0. The highest BCUT2D eigenvalue weighted by Gasteiger charge is 2.14. The lowest BCUT2D eigenvalue weighted by Gasteiger charge is -2.01. The Morgan fingerprint density at radius 3 is 2.37 bits per heavy atom. The first kappa shape index (κ1) is 20.6. The lowest BCUT2D eigenvalue weighted by Crippen LogP contribution is -2.14. The Bertz CT molecular complexity index is 1670. The number of H-pyrrole nitrogens is 2. The average Bonchev–Trinajstić information content (AvgIpc) is 3.66. The molecule has 168 valence electrons. The summed E-state index contributed by atoms with van der Waals surface area (Å²) < 4.78 is 0. The minimum absolute atomic E-state index is 0.455. The van der Waals surface area contributed by atoms with Crippen LogP contribution in [-0.4, -0.2) is 26.4 Å². The van der Waals surface area contributed by atoms with Crippen molar-refractivity contribution in [3.05, 3.63) is 130 Å². The molecule has 4 aromatic rings. The molecule has 4 N–H and O–H groups in total. The molecule has 0 aliphatic carbocycles. The van der Waals surface area contributed by atoms with E-state index in [9.17, 15) is 0 Å². The van der Waals surface area contributed by atoms with Gasteiger partial charge in [-0.25, -0.2) is 4.99 Å². The van der Waals surface area contributed by atoms with Gasteiger partial charge in [0.15, 0.2) is 0 Å². The maximum atomic E-state index is 8.15. The van der Waals surface area contributed by atoms with E-state index >= 15 is 0 Å². The maximum Gasteiger partial charge on any atom is 0.0796 e. The first-order valence-corrected chi connectivity index (χ1v) is 11.3. The molecular formula is C29H22N6. The van der Waals surface area contributed by atoms with Crippen molar-refractivity contribution in [3.63, 3.8) is 0 Å². The lowest BCUT2D eigenvalue weighted by molar-refractivity contribution is 1.11. The molecule has 35 heavy (non-hydrogen) atoms.